The van der Waals surface area contributed by atoms with Gasteiger partial charge in [0.15, 0.2) is 11.5 Å². The summed E-state index contributed by atoms with van der Waals surface area (Å²) in [5.74, 6) is -0.121. The number of unbranched alkanes of at least 4 members (excludes halogenated alkanes) is 1. The van der Waals surface area contributed by atoms with E-state index in [2.05, 4.69) is 32.1 Å². The van der Waals surface area contributed by atoms with Crippen LogP contribution in [0, 0.1) is 0 Å². The zero-order valence-corrected chi connectivity index (χ0v) is 29.7. The number of nitrogens with one attached hydrogen (secondary N) is 3. The Balaban J connectivity index is 0.845. The maximum absolute atomic E-state index is 13.3. The second-order valence-electron chi connectivity index (χ2n) is 14.0. The lowest BCUT2D eigenvalue weighted by atomic mass is 9.91. The van der Waals surface area contributed by atoms with Crippen molar-refractivity contribution in [2.24, 2.45) is 7.05 Å². The Morgan fingerprint density at radius 2 is 1.89 bits per heavy atom. The molecule has 4 aromatic heterocycles. The number of imide groups is 1. The van der Waals surface area contributed by atoms with E-state index in [4.69, 9.17) is 9.84 Å². The van der Waals surface area contributed by atoms with Crippen molar-refractivity contribution in [1.82, 2.24) is 44.1 Å². The van der Waals surface area contributed by atoms with Crippen LogP contribution in [0.2, 0.25) is 0 Å². The van der Waals surface area contributed by atoms with E-state index in [9.17, 15) is 19.2 Å². The number of ether oxygens (including phenoxy) is 1. The monoisotopic (exact) mass is 718 g/mol. The highest BCUT2D eigenvalue weighted by Crippen LogP contribution is 2.32. The molecule has 3 N–H and O–H groups in total. The molecule has 0 spiro atoms. The van der Waals surface area contributed by atoms with E-state index in [0.29, 0.717) is 35.2 Å². The number of aryl methyl sites for hydroxylation is 2. The SMILES string of the molecule is COc1cc2nn(C3CCC(NCCCCc4cccc5c4n(C)c(=O)n5C4CCC(=O)NC4=O)CC3)cc2cc1C(=O)Nc1cnc2cccnn12. The van der Waals surface area contributed by atoms with E-state index in [1.165, 1.54) is 0 Å². The Hall–Kier alpha value is -5.83. The summed E-state index contributed by atoms with van der Waals surface area (Å²) >= 11 is 0. The van der Waals surface area contributed by atoms with Gasteiger partial charge in [0.1, 0.15) is 11.8 Å². The summed E-state index contributed by atoms with van der Waals surface area (Å²) in [6, 6.07) is 13.1. The predicted octanol–water partition coefficient (Wildman–Crippen LogP) is 4.07. The van der Waals surface area contributed by atoms with Crippen molar-refractivity contribution < 1.29 is 19.1 Å². The highest BCUT2D eigenvalue weighted by Gasteiger charge is 2.31. The third-order valence-corrected chi connectivity index (χ3v) is 10.7. The Morgan fingerprint density at radius 3 is 2.70 bits per heavy atom. The van der Waals surface area contributed by atoms with Crippen LogP contribution >= 0.6 is 0 Å². The van der Waals surface area contributed by atoms with Gasteiger partial charge in [-0.2, -0.15) is 14.7 Å². The van der Waals surface area contributed by atoms with Crippen LogP contribution in [0.5, 0.6) is 5.75 Å². The summed E-state index contributed by atoms with van der Waals surface area (Å²) in [5.41, 5.74) is 4.23. The Bertz CT molecular complexity index is 2410. The average Bonchev–Trinajstić information content (AvgIpc) is 3.85. The highest BCUT2D eigenvalue weighted by molar-refractivity contribution is 6.08. The van der Waals surface area contributed by atoms with Gasteiger partial charge < -0.3 is 15.4 Å². The number of hydrogen-bond donors (Lipinski definition) is 3. The Kier molecular flexibility index (Phi) is 9.24. The number of amides is 3. The van der Waals surface area contributed by atoms with Crippen molar-refractivity contribution in [1.29, 1.82) is 0 Å². The summed E-state index contributed by atoms with van der Waals surface area (Å²) < 4.78 is 12.4. The Morgan fingerprint density at radius 1 is 1.04 bits per heavy atom. The molecule has 53 heavy (non-hydrogen) atoms. The number of nitrogens with zero attached hydrogens (tertiary/aromatic N) is 7. The number of carbonyl (C=O) groups excluding carboxylic acids is 3. The minimum Gasteiger partial charge on any atom is -0.496 e. The van der Waals surface area contributed by atoms with Crippen LogP contribution in [0.3, 0.4) is 0 Å². The quantitative estimate of drug-likeness (QED) is 0.132. The van der Waals surface area contributed by atoms with Crippen LogP contribution in [0.15, 0.2) is 65.8 Å². The summed E-state index contributed by atoms with van der Waals surface area (Å²) in [6.07, 6.45) is 12.6. The summed E-state index contributed by atoms with van der Waals surface area (Å²) in [6.45, 7) is 0.906. The normalized spacial score (nSPS) is 19.2. The van der Waals surface area contributed by atoms with Gasteiger partial charge in [-0.15, -0.1) is 0 Å². The second-order valence-corrected chi connectivity index (χ2v) is 14.0. The molecular formula is C38H42N10O5. The van der Waals surface area contributed by atoms with Crippen molar-refractivity contribution in [3.63, 3.8) is 0 Å². The van der Waals surface area contributed by atoms with Crippen LogP contribution in [0.4, 0.5) is 5.82 Å². The van der Waals surface area contributed by atoms with Crippen molar-refractivity contribution in [3.05, 3.63) is 82.7 Å². The highest BCUT2D eigenvalue weighted by atomic mass is 16.5. The largest absolute Gasteiger partial charge is 0.496 e. The van der Waals surface area contributed by atoms with Crippen molar-refractivity contribution in [2.45, 2.75) is 75.9 Å². The standard InChI is InChI=1S/C38H42N10O5/c1-45-35-23(8-5-9-29(35)47(38(45)52)30-15-16-34(49)43-37(30)51)7-3-4-17-39-25-11-13-26(14-12-25)46-22-24-19-27(31(53-2)20-28(24)44-46)36(50)42-33-21-40-32-10-6-18-41-48(32)33/h5-6,8-10,18-22,25-26,30,39H,3-4,7,11-17H2,1-2H3,(H,42,50)(H,43,49,51). The third kappa shape index (κ3) is 6.56. The van der Waals surface area contributed by atoms with Gasteiger partial charge in [0.05, 0.1) is 41.5 Å². The summed E-state index contributed by atoms with van der Waals surface area (Å²) in [4.78, 5) is 55.2. The molecule has 1 atom stereocenters. The number of imidazole rings is 2. The molecule has 8 rings (SSSR count). The van der Waals surface area contributed by atoms with Gasteiger partial charge in [-0.3, -0.25) is 33.5 Å². The lowest BCUT2D eigenvalue weighted by Crippen LogP contribution is -2.44. The number of carbonyl (C=O) groups is 3. The van der Waals surface area contributed by atoms with Gasteiger partial charge in [0.25, 0.3) is 5.91 Å². The molecule has 2 fully saturated rings. The fraction of sp³-hybridized carbons (Fsp3) is 0.395. The van der Waals surface area contributed by atoms with Gasteiger partial charge >= 0.3 is 5.69 Å². The van der Waals surface area contributed by atoms with Crippen LogP contribution < -0.4 is 26.4 Å². The molecule has 2 aliphatic rings. The molecule has 15 nitrogen and oxygen atoms in total. The van der Waals surface area contributed by atoms with Gasteiger partial charge in [-0.1, -0.05) is 12.1 Å². The van der Waals surface area contributed by atoms with Crippen molar-refractivity contribution in [2.75, 3.05) is 19.0 Å². The smallest absolute Gasteiger partial charge is 0.329 e. The lowest BCUT2D eigenvalue weighted by Gasteiger charge is -2.29. The number of piperidine rings is 1. The van der Waals surface area contributed by atoms with Crippen LogP contribution in [0.25, 0.3) is 27.6 Å². The van der Waals surface area contributed by atoms with E-state index in [1.807, 2.05) is 41.2 Å². The van der Waals surface area contributed by atoms with Crippen molar-refractivity contribution in [3.8, 4) is 5.75 Å². The second kappa shape index (κ2) is 14.3. The van der Waals surface area contributed by atoms with Gasteiger partial charge in [-0.05, 0) is 87.7 Å². The van der Waals surface area contributed by atoms with Gasteiger partial charge in [0.2, 0.25) is 11.8 Å². The number of benzene rings is 2. The first-order valence-corrected chi connectivity index (χ1v) is 18.2. The summed E-state index contributed by atoms with van der Waals surface area (Å²) in [7, 11) is 3.29. The topological polar surface area (TPSA) is 171 Å². The predicted molar refractivity (Wildman–Crippen MR) is 198 cm³/mol. The first kappa shape index (κ1) is 34.3. The lowest BCUT2D eigenvalue weighted by molar-refractivity contribution is -0.135. The molecular weight excluding hydrogens is 676 g/mol. The number of para-hydroxylation sites is 1. The fourth-order valence-corrected chi connectivity index (χ4v) is 7.95. The van der Waals surface area contributed by atoms with Gasteiger partial charge in [-0.25, -0.2) is 9.78 Å². The fourth-order valence-electron chi connectivity index (χ4n) is 7.95. The number of methoxy groups -OCH3 is 1. The first-order chi connectivity index (χ1) is 25.8. The molecule has 5 heterocycles. The van der Waals surface area contributed by atoms with Gasteiger partial charge in [0, 0.05) is 43.4 Å². The first-order valence-electron chi connectivity index (χ1n) is 18.2. The number of rotatable bonds is 11. The zero-order valence-electron chi connectivity index (χ0n) is 29.7. The maximum Gasteiger partial charge on any atom is 0.329 e. The maximum atomic E-state index is 13.3. The molecule has 6 aromatic rings. The molecule has 1 saturated carbocycles. The zero-order chi connectivity index (χ0) is 36.6. The van der Waals surface area contributed by atoms with Crippen molar-refractivity contribution >= 4 is 51.1 Å². The number of anilines is 1. The number of hydrogen-bond acceptors (Lipinski definition) is 9. The van der Waals surface area contributed by atoms with E-state index < -0.39 is 11.9 Å². The molecule has 0 radical (unpaired) electrons. The van der Waals surface area contributed by atoms with E-state index in [1.54, 1.807) is 46.3 Å². The van der Waals surface area contributed by atoms with Crippen LogP contribution in [-0.2, 0) is 23.1 Å². The molecule has 0 bridgehead atoms. The van der Waals surface area contributed by atoms with Crippen LogP contribution in [0.1, 0.15) is 79.4 Å². The molecule has 15 heteroatoms. The molecule has 274 valence electrons. The minimum absolute atomic E-state index is 0.219. The molecule has 1 aliphatic heterocycles. The molecule has 1 saturated heterocycles. The molecule has 3 amide bonds. The third-order valence-electron chi connectivity index (χ3n) is 10.7. The van der Waals surface area contributed by atoms with Crippen LogP contribution in [-0.4, -0.2) is 70.9 Å². The van der Waals surface area contributed by atoms with E-state index in [0.717, 1.165) is 79.0 Å². The summed E-state index contributed by atoms with van der Waals surface area (Å²) in [5, 5.41) is 19.0. The number of aromatic nitrogens is 7. The van der Waals surface area contributed by atoms with E-state index in [-0.39, 0.29) is 30.0 Å². The molecule has 1 aliphatic carbocycles. The van der Waals surface area contributed by atoms with E-state index >= 15 is 0 Å². The minimum atomic E-state index is -0.686. The average molecular weight is 719 g/mol. The molecule has 1 unspecified atom stereocenters. The number of fused-ring (bicyclic) bond motifs is 3. The Labute approximate surface area is 304 Å². The molecule has 2 aromatic carbocycles.